The van der Waals surface area contributed by atoms with E-state index >= 15 is 0 Å². The van der Waals surface area contributed by atoms with Crippen LogP contribution in [-0.2, 0) is 12.8 Å². The summed E-state index contributed by atoms with van der Waals surface area (Å²) in [7, 11) is 1.97. The zero-order chi connectivity index (χ0) is 18.7. The van der Waals surface area contributed by atoms with Crippen molar-refractivity contribution in [3.8, 4) is 5.75 Å². The van der Waals surface area contributed by atoms with Gasteiger partial charge < -0.3 is 9.30 Å². The highest BCUT2D eigenvalue weighted by Crippen LogP contribution is 2.26. The molecule has 0 radical (unpaired) electrons. The second kappa shape index (κ2) is 8.14. The second-order valence-electron chi connectivity index (χ2n) is 6.40. The molecule has 1 aromatic heterocycles. The van der Waals surface area contributed by atoms with Gasteiger partial charge in [0.05, 0.1) is 0 Å². The molecule has 0 aliphatic heterocycles. The van der Waals surface area contributed by atoms with Crippen LogP contribution >= 0.6 is 23.4 Å². The number of hydrogen-bond donors (Lipinski definition) is 0. The molecule has 0 amide bonds. The molecule has 0 fully saturated rings. The third-order valence-corrected chi connectivity index (χ3v) is 5.36. The normalized spacial score (nSPS) is 12.2. The Morgan fingerprint density at radius 1 is 1.08 bits per heavy atom. The number of ether oxygens (including phenoxy) is 1. The lowest BCUT2D eigenvalue weighted by molar-refractivity contribution is 0.211. The van der Waals surface area contributed by atoms with Crippen molar-refractivity contribution >= 4 is 23.4 Å². The van der Waals surface area contributed by atoms with E-state index in [1.54, 1.807) is 11.8 Å². The molecule has 1 unspecified atom stereocenters. The lowest BCUT2D eigenvalue weighted by Crippen LogP contribution is -2.10. The molecule has 1 atom stereocenters. The molecule has 3 aromatic rings. The summed E-state index contributed by atoms with van der Waals surface area (Å²) in [6, 6.07) is 14.1. The Balaban J connectivity index is 1.68. The largest absolute Gasteiger partial charge is 0.483 e. The predicted molar refractivity (Wildman–Crippen MR) is 107 cm³/mol. The Labute approximate surface area is 163 Å². The Hall–Kier alpha value is -1.98. The molecule has 0 saturated carbocycles. The second-order valence-corrected chi connectivity index (χ2v) is 7.78. The van der Waals surface area contributed by atoms with E-state index in [4.69, 9.17) is 16.3 Å². The van der Waals surface area contributed by atoms with Crippen molar-refractivity contribution in [2.24, 2.45) is 7.05 Å². The van der Waals surface area contributed by atoms with Crippen LogP contribution in [-0.4, -0.2) is 14.8 Å². The molecular formula is C20H22ClN3OS. The van der Waals surface area contributed by atoms with Crippen LogP contribution < -0.4 is 4.74 Å². The Kier molecular flexibility index (Phi) is 5.89. The maximum absolute atomic E-state index is 6.08. The van der Waals surface area contributed by atoms with E-state index in [0.717, 1.165) is 27.5 Å². The Morgan fingerprint density at radius 3 is 2.38 bits per heavy atom. The van der Waals surface area contributed by atoms with E-state index in [1.165, 1.54) is 16.7 Å². The molecule has 136 valence electrons. The minimum absolute atomic E-state index is 0.182. The third-order valence-electron chi connectivity index (χ3n) is 4.02. The van der Waals surface area contributed by atoms with Crippen LogP contribution in [0.5, 0.6) is 5.75 Å². The van der Waals surface area contributed by atoms with Crippen LogP contribution in [0.3, 0.4) is 0 Å². The Morgan fingerprint density at radius 2 is 1.73 bits per heavy atom. The number of aryl methyl sites for hydroxylation is 2. The summed E-state index contributed by atoms with van der Waals surface area (Å²) in [5.74, 6) is 2.48. The van der Waals surface area contributed by atoms with Crippen LogP contribution in [0.1, 0.15) is 35.5 Å². The smallest absolute Gasteiger partial charge is 0.191 e. The highest BCUT2D eigenvalue weighted by Gasteiger charge is 2.17. The standard InChI is InChI=1S/C20H22ClN3OS/c1-13-9-14(2)11-18(10-13)25-15(3)19-22-23-20(24(19)4)26-12-16-5-7-17(21)8-6-16/h5-11,15H,12H2,1-4H3. The molecule has 0 aliphatic carbocycles. The predicted octanol–water partition coefficient (Wildman–Crippen LogP) is 5.52. The minimum Gasteiger partial charge on any atom is -0.483 e. The van der Waals surface area contributed by atoms with Gasteiger partial charge in [0.1, 0.15) is 5.75 Å². The molecule has 6 heteroatoms. The highest BCUT2D eigenvalue weighted by atomic mass is 35.5. The molecule has 4 nitrogen and oxygen atoms in total. The molecule has 0 bridgehead atoms. The highest BCUT2D eigenvalue weighted by molar-refractivity contribution is 7.98. The van der Waals surface area contributed by atoms with Crippen molar-refractivity contribution < 1.29 is 4.74 Å². The lowest BCUT2D eigenvalue weighted by Gasteiger charge is -2.15. The number of halogens is 1. The monoisotopic (exact) mass is 387 g/mol. The van der Waals surface area contributed by atoms with Gasteiger partial charge in [0, 0.05) is 17.8 Å². The number of hydrogen-bond acceptors (Lipinski definition) is 4. The van der Waals surface area contributed by atoms with Crippen LogP contribution in [0.4, 0.5) is 0 Å². The molecule has 3 rings (SSSR count). The van der Waals surface area contributed by atoms with E-state index in [1.807, 2.05) is 54.9 Å². The zero-order valence-electron chi connectivity index (χ0n) is 15.4. The van der Waals surface area contributed by atoms with Crippen molar-refractivity contribution in [3.63, 3.8) is 0 Å². The maximum atomic E-state index is 6.08. The first-order valence-corrected chi connectivity index (χ1v) is 9.80. The first-order valence-electron chi connectivity index (χ1n) is 8.44. The molecule has 0 aliphatic rings. The lowest BCUT2D eigenvalue weighted by atomic mass is 10.1. The zero-order valence-corrected chi connectivity index (χ0v) is 16.9. The van der Waals surface area contributed by atoms with Crippen molar-refractivity contribution in [2.75, 3.05) is 0 Å². The molecular weight excluding hydrogens is 366 g/mol. The van der Waals surface area contributed by atoms with Gasteiger partial charge in [-0.25, -0.2) is 0 Å². The summed E-state index contributed by atoms with van der Waals surface area (Å²) in [5, 5.41) is 10.3. The van der Waals surface area contributed by atoms with Gasteiger partial charge in [-0.05, 0) is 61.7 Å². The summed E-state index contributed by atoms with van der Waals surface area (Å²) in [4.78, 5) is 0. The number of aromatic nitrogens is 3. The fourth-order valence-corrected chi connectivity index (χ4v) is 3.79. The average molecular weight is 388 g/mol. The van der Waals surface area contributed by atoms with Crippen molar-refractivity contribution in [1.82, 2.24) is 14.8 Å². The van der Waals surface area contributed by atoms with E-state index in [0.29, 0.717) is 0 Å². The summed E-state index contributed by atoms with van der Waals surface area (Å²) in [5.41, 5.74) is 3.57. The molecule has 0 N–H and O–H groups in total. The van der Waals surface area contributed by atoms with E-state index in [9.17, 15) is 0 Å². The third kappa shape index (κ3) is 4.59. The number of nitrogens with zero attached hydrogens (tertiary/aromatic N) is 3. The topological polar surface area (TPSA) is 39.9 Å². The van der Waals surface area contributed by atoms with Gasteiger partial charge >= 0.3 is 0 Å². The van der Waals surface area contributed by atoms with Gasteiger partial charge in [0.15, 0.2) is 17.1 Å². The van der Waals surface area contributed by atoms with Crippen LogP contribution in [0, 0.1) is 13.8 Å². The molecule has 26 heavy (non-hydrogen) atoms. The average Bonchev–Trinajstić information content (AvgIpc) is 2.94. The van der Waals surface area contributed by atoms with Crippen molar-refractivity contribution in [2.45, 2.75) is 37.8 Å². The first kappa shape index (κ1) is 18.8. The number of benzene rings is 2. The van der Waals surface area contributed by atoms with E-state index < -0.39 is 0 Å². The van der Waals surface area contributed by atoms with Crippen LogP contribution in [0.15, 0.2) is 47.6 Å². The molecule has 1 heterocycles. The van der Waals surface area contributed by atoms with Gasteiger partial charge in [0.25, 0.3) is 0 Å². The van der Waals surface area contributed by atoms with Crippen molar-refractivity contribution in [1.29, 1.82) is 0 Å². The molecule has 0 spiro atoms. The molecule has 0 saturated heterocycles. The van der Waals surface area contributed by atoms with Crippen LogP contribution in [0.25, 0.3) is 0 Å². The van der Waals surface area contributed by atoms with Crippen molar-refractivity contribution in [3.05, 3.63) is 70.0 Å². The summed E-state index contributed by atoms with van der Waals surface area (Å²) >= 11 is 7.58. The fraction of sp³-hybridized carbons (Fsp3) is 0.300. The van der Waals surface area contributed by atoms with Gasteiger partial charge in [-0.1, -0.05) is 41.6 Å². The SMILES string of the molecule is Cc1cc(C)cc(OC(C)c2nnc(SCc3ccc(Cl)cc3)n2C)c1. The van der Waals surface area contributed by atoms with E-state index in [-0.39, 0.29) is 6.10 Å². The first-order chi connectivity index (χ1) is 12.4. The number of rotatable bonds is 6. The van der Waals surface area contributed by atoms with E-state index in [2.05, 4.69) is 30.1 Å². The van der Waals surface area contributed by atoms with Gasteiger partial charge in [-0.3, -0.25) is 0 Å². The molecule has 2 aromatic carbocycles. The summed E-state index contributed by atoms with van der Waals surface area (Å²) in [6.07, 6.45) is -0.182. The van der Waals surface area contributed by atoms with Gasteiger partial charge in [-0.2, -0.15) is 0 Å². The Bertz CT molecular complexity index is 872. The van der Waals surface area contributed by atoms with Gasteiger partial charge in [0.2, 0.25) is 0 Å². The summed E-state index contributed by atoms with van der Waals surface area (Å²) < 4.78 is 8.08. The van der Waals surface area contributed by atoms with Crippen LogP contribution in [0.2, 0.25) is 5.02 Å². The number of thioether (sulfide) groups is 1. The maximum Gasteiger partial charge on any atom is 0.191 e. The fourth-order valence-electron chi connectivity index (χ4n) is 2.79. The quantitative estimate of drug-likeness (QED) is 0.522. The summed E-state index contributed by atoms with van der Waals surface area (Å²) in [6.45, 7) is 6.13. The van der Waals surface area contributed by atoms with Gasteiger partial charge in [-0.15, -0.1) is 10.2 Å². The minimum atomic E-state index is -0.182.